The smallest absolute Gasteiger partial charge is 0.244 e. The zero-order chi connectivity index (χ0) is 17.4. The lowest BCUT2D eigenvalue weighted by Crippen LogP contribution is -2.34. The van der Waals surface area contributed by atoms with Gasteiger partial charge >= 0.3 is 0 Å². The molecular weight excluding hydrogens is 326 g/mol. The van der Waals surface area contributed by atoms with Gasteiger partial charge in [-0.05, 0) is 43.2 Å². The summed E-state index contributed by atoms with van der Waals surface area (Å²) >= 11 is 0. The third-order valence-corrected chi connectivity index (χ3v) is 4.59. The number of pyridine rings is 1. The number of fused-ring (bicyclic) bond motifs is 1. The van der Waals surface area contributed by atoms with Crippen molar-refractivity contribution in [3.8, 4) is 11.4 Å². The Morgan fingerprint density at radius 1 is 1.16 bits per heavy atom. The minimum atomic E-state index is -0.380. The Labute approximate surface area is 143 Å². The fraction of sp³-hybridized carbons (Fsp3) is 0.278. The molecular formula is C18H16F2N4O. The summed E-state index contributed by atoms with van der Waals surface area (Å²) < 4.78 is 33.3. The molecule has 3 aromatic rings. The van der Waals surface area contributed by atoms with E-state index in [9.17, 15) is 8.78 Å². The minimum absolute atomic E-state index is 0.200. The van der Waals surface area contributed by atoms with Crippen LogP contribution >= 0.6 is 0 Å². The number of rotatable bonds is 3. The Morgan fingerprint density at radius 2 is 1.96 bits per heavy atom. The van der Waals surface area contributed by atoms with Crippen molar-refractivity contribution in [2.45, 2.75) is 25.9 Å². The lowest BCUT2D eigenvalue weighted by atomic mass is 9.97. The number of hydrogen-bond acceptors (Lipinski definition) is 5. The van der Waals surface area contributed by atoms with Crippen molar-refractivity contribution >= 4 is 0 Å². The molecule has 1 aliphatic heterocycles. The summed E-state index contributed by atoms with van der Waals surface area (Å²) in [5.41, 5.74) is 1.64. The monoisotopic (exact) mass is 342 g/mol. The van der Waals surface area contributed by atoms with E-state index in [2.05, 4.69) is 15.1 Å². The Hall–Kier alpha value is -2.67. The van der Waals surface area contributed by atoms with Gasteiger partial charge in [-0.15, -0.1) is 0 Å². The molecule has 25 heavy (non-hydrogen) atoms. The summed E-state index contributed by atoms with van der Waals surface area (Å²) in [6, 6.07) is 5.81. The van der Waals surface area contributed by atoms with Gasteiger partial charge in [0.15, 0.2) is 0 Å². The number of benzene rings is 1. The molecule has 0 radical (unpaired) electrons. The molecule has 5 nitrogen and oxygen atoms in total. The molecule has 0 amide bonds. The first-order valence-electron chi connectivity index (χ1n) is 8.07. The second-order valence-corrected chi connectivity index (χ2v) is 6.08. The topological polar surface area (TPSA) is 55.1 Å². The zero-order valence-electron chi connectivity index (χ0n) is 13.6. The first-order valence-corrected chi connectivity index (χ1v) is 8.07. The lowest BCUT2D eigenvalue weighted by molar-refractivity contribution is 0.154. The predicted octanol–water partition coefficient (Wildman–Crippen LogP) is 3.53. The first kappa shape index (κ1) is 15.8. The number of halogens is 2. The molecule has 1 aromatic carbocycles. The molecule has 7 heteroatoms. The minimum Gasteiger partial charge on any atom is -0.337 e. The molecule has 0 fully saturated rings. The van der Waals surface area contributed by atoms with Crippen LogP contribution in [0.4, 0.5) is 8.78 Å². The Kier molecular flexibility index (Phi) is 4.01. The summed E-state index contributed by atoms with van der Waals surface area (Å²) in [6.45, 7) is 2.83. The molecule has 4 rings (SSSR count). The summed E-state index contributed by atoms with van der Waals surface area (Å²) in [7, 11) is 0. The Balaban J connectivity index is 1.57. The molecule has 0 saturated carbocycles. The van der Waals surface area contributed by atoms with Crippen molar-refractivity contribution in [3.05, 3.63) is 65.3 Å². The highest BCUT2D eigenvalue weighted by Crippen LogP contribution is 2.30. The molecule has 0 saturated heterocycles. The summed E-state index contributed by atoms with van der Waals surface area (Å²) in [5.74, 6) is 0.180. The summed E-state index contributed by atoms with van der Waals surface area (Å²) in [4.78, 5) is 10.5. The van der Waals surface area contributed by atoms with Crippen molar-refractivity contribution in [1.29, 1.82) is 0 Å². The number of nitrogens with zero attached hydrogens (tertiary/aromatic N) is 4. The van der Waals surface area contributed by atoms with E-state index in [0.717, 1.165) is 5.56 Å². The maximum atomic E-state index is 14.1. The van der Waals surface area contributed by atoms with Crippen LogP contribution in [0.25, 0.3) is 11.4 Å². The molecule has 128 valence electrons. The number of hydrogen-bond donors (Lipinski definition) is 0. The molecule has 1 aliphatic rings. The molecule has 1 atom stereocenters. The van der Waals surface area contributed by atoms with Crippen molar-refractivity contribution in [1.82, 2.24) is 20.0 Å². The van der Waals surface area contributed by atoms with Crippen LogP contribution in [0.1, 0.15) is 30.0 Å². The van der Waals surface area contributed by atoms with Gasteiger partial charge in [-0.1, -0.05) is 5.16 Å². The molecule has 2 aromatic heterocycles. The number of aromatic nitrogens is 3. The molecule has 0 bridgehead atoms. The first-order chi connectivity index (χ1) is 12.1. The fourth-order valence-corrected chi connectivity index (χ4v) is 3.12. The van der Waals surface area contributed by atoms with Crippen LogP contribution in [0.2, 0.25) is 0 Å². The van der Waals surface area contributed by atoms with E-state index in [1.807, 2.05) is 17.9 Å². The van der Waals surface area contributed by atoms with Crippen molar-refractivity contribution in [3.63, 3.8) is 0 Å². The highest BCUT2D eigenvalue weighted by atomic mass is 19.1. The average Bonchev–Trinajstić information content (AvgIpc) is 3.15. The van der Waals surface area contributed by atoms with E-state index >= 15 is 0 Å². The Bertz CT molecular complexity index is 897. The maximum absolute atomic E-state index is 14.1. The van der Waals surface area contributed by atoms with Gasteiger partial charge in [0.2, 0.25) is 11.7 Å². The van der Waals surface area contributed by atoms with Crippen LogP contribution in [0.15, 0.2) is 41.2 Å². The quantitative estimate of drug-likeness (QED) is 0.729. The van der Waals surface area contributed by atoms with Gasteiger partial charge in [0.05, 0.1) is 6.04 Å². The van der Waals surface area contributed by atoms with E-state index in [1.54, 1.807) is 18.5 Å². The Morgan fingerprint density at radius 3 is 2.72 bits per heavy atom. The van der Waals surface area contributed by atoms with Crippen LogP contribution < -0.4 is 0 Å². The summed E-state index contributed by atoms with van der Waals surface area (Å²) in [6.07, 6.45) is 3.79. The summed E-state index contributed by atoms with van der Waals surface area (Å²) in [5, 5.41) is 3.99. The van der Waals surface area contributed by atoms with Crippen LogP contribution in [0.3, 0.4) is 0 Å². The van der Waals surface area contributed by atoms with E-state index in [-0.39, 0.29) is 17.7 Å². The highest BCUT2D eigenvalue weighted by molar-refractivity contribution is 5.51. The third kappa shape index (κ3) is 2.91. The van der Waals surface area contributed by atoms with Gasteiger partial charge in [0.1, 0.15) is 11.6 Å². The molecule has 0 N–H and O–H groups in total. The van der Waals surface area contributed by atoms with Gasteiger partial charge in [0.25, 0.3) is 0 Å². The molecule has 0 unspecified atom stereocenters. The van der Waals surface area contributed by atoms with Crippen LogP contribution in [-0.4, -0.2) is 26.6 Å². The van der Waals surface area contributed by atoms with Crippen molar-refractivity contribution in [2.24, 2.45) is 0 Å². The highest BCUT2D eigenvalue weighted by Gasteiger charge is 2.28. The van der Waals surface area contributed by atoms with Crippen LogP contribution in [0.5, 0.6) is 0 Å². The van der Waals surface area contributed by atoms with Crippen LogP contribution in [0, 0.1) is 11.6 Å². The second kappa shape index (κ2) is 6.33. The third-order valence-electron chi connectivity index (χ3n) is 4.59. The van der Waals surface area contributed by atoms with Gasteiger partial charge in [-0.3, -0.25) is 9.88 Å². The van der Waals surface area contributed by atoms with Gasteiger partial charge in [-0.2, -0.15) is 4.98 Å². The normalized spacial score (nSPS) is 15.8. The van der Waals surface area contributed by atoms with E-state index in [1.165, 1.54) is 12.1 Å². The zero-order valence-corrected chi connectivity index (χ0v) is 13.6. The average molecular weight is 342 g/mol. The fourth-order valence-electron chi connectivity index (χ4n) is 3.12. The predicted molar refractivity (Wildman–Crippen MR) is 86.4 cm³/mol. The largest absolute Gasteiger partial charge is 0.337 e. The van der Waals surface area contributed by atoms with E-state index in [0.29, 0.717) is 42.4 Å². The lowest BCUT2D eigenvalue weighted by Gasteiger charge is -2.32. The van der Waals surface area contributed by atoms with Crippen LogP contribution in [-0.2, 0) is 13.0 Å². The molecule has 3 heterocycles. The van der Waals surface area contributed by atoms with E-state index < -0.39 is 0 Å². The molecule has 0 aliphatic carbocycles. The van der Waals surface area contributed by atoms with Crippen molar-refractivity contribution in [2.75, 3.05) is 6.54 Å². The van der Waals surface area contributed by atoms with Gasteiger partial charge < -0.3 is 4.52 Å². The van der Waals surface area contributed by atoms with Gasteiger partial charge in [0, 0.05) is 36.6 Å². The molecule has 0 spiro atoms. The second-order valence-electron chi connectivity index (χ2n) is 6.08. The van der Waals surface area contributed by atoms with Crippen molar-refractivity contribution < 1.29 is 13.3 Å². The van der Waals surface area contributed by atoms with E-state index in [4.69, 9.17) is 4.52 Å². The maximum Gasteiger partial charge on any atom is 0.244 e. The van der Waals surface area contributed by atoms with Gasteiger partial charge in [-0.25, -0.2) is 8.78 Å². The standard InChI is InChI=1S/C18H16F2N4O/c1-11(18-22-17(23-25-18)12-3-2-7-21-9-12)24-8-6-13-14(10-24)16(20)5-4-15(13)19/h2-5,7,9,11H,6,8,10H2,1H3/t11-/m1/s1. The SMILES string of the molecule is C[C@H](c1nc(-c2cccnc2)no1)N1CCc2c(F)ccc(F)c2C1.